The van der Waals surface area contributed by atoms with Gasteiger partial charge >= 0.3 is 0 Å². The number of benzene rings is 1. The molecule has 1 amide bonds. The Labute approximate surface area is 185 Å². The Hall–Kier alpha value is -1.39. The van der Waals surface area contributed by atoms with E-state index < -0.39 is 0 Å². The van der Waals surface area contributed by atoms with Crippen LogP contribution in [0.25, 0.3) is 0 Å². The molecule has 0 bridgehead atoms. The van der Waals surface area contributed by atoms with E-state index in [1.54, 1.807) is 7.11 Å². The van der Waals surface area contributed by atoms with Gasteiger partial charge in [-0.15, -0.1) is 24.0 Å². The van der Waals surface area contributed by atoms with Gasteiger partial charge < -0.3 is 25.0 Å². The van der Waals surface area contributed by atoms with Crippen LogP contribution in [0, 0.1) is 5.92 Å². The summed E-state index contributed by atoms with van der Waals surface area (Å²) in [6.45, 7) is 8.96. The van der Waals surface area contributed by atoms with Crippen LogP contribution in [0.5, 0.6) is 0 Å². The molecule has 2 rings (SSSR count). The largest absolute Gasteiger partial charge is 0.382 e. The van der Waals surface area contributed by atoms with Gasteiger partial charge in [0.2, 0.25) is 5.91 Å². The van der Waals surface area contributed by atoms with E-state index in [0.717, 1.165) is 49.9 Å². The Bertz CT molecular complexity index is 627. The molecule has 1 aromatic carbocycles. The summed E-state index contributed by atoms with van der Waals surface area (Å²) in [6.07, 6.45) is 1.11. The summed E-state index contributed by atoms with van der Waals surface area (Å²) < 4.78 is 10.7. The Morgan fingerprint density at radius 1 is 1.36 bits per heavy atom. The van der Waals surface area contributed by atoms with Crippen molar-refractivity contribution >= 4 is 41.5 Å². The molecule has 0 aliphatic carbocycles. The topological polar surface area (TPSA) is 75.2 Å². The number of nitrogens with zero attached hydrogens (tertiary/aromatic N) is 2. The molecule has 1 saturated heterocycles. The number of guanidine groups is 1. The smallest absolute Gasteiger partial charge is 0.221 e. The number of carbonyl (C=O) groups excluding carboxylic acids is 1. The number of methoxy groups -OCH3 is 1. The van der Waals surface area contributed by atoms with Crippen LogP contribution in [-0.2, 0) is 20.8 Å². The van der Waals surface area contributed by atoms with Crippen LogP contribution in [-0.4, -0.2) is 63.3 Å². The van der Waals surface area contributed by atoms with Crippen molar-refractivity contribution in [3.8, 4) is 0 Å². The van der Waals surface area contributed by atoms with Crippen molar-refractivity contribution in [2.45, 2.75) is 26.8 Å². The number of halogens is 1. The van der Waals surface area contributed by atoms with Crippen molar-refractivity contribution in [3.05, 3.63) is 29.8 Å². The van der Waals surface area contributed by atoms with Crippen molar-refractivity contribution in [1.82, 2.24) is 10.2 Å². The molecule has 1 aliphatic heterocycles. The van der Waals surface area contributed by atoms with Gasteiger partial charge in [-0.3, -0.25) is 4.79 Å². The fourth-order valence-corrected chi connectivity index (χ4v) is 3.10. The van der Waals surface area contributed by atoms with E-state index in [1.165, 1.54) is 6.92 Å². The summed E-state index contributed by atoms with van der Waals surface area (Å²) in [7, 11) is 1.69. The monoisotopic (exact) mass is 504 g/mol. The van der Waals surface area contributed by atoms with Crippen molar-refractivity contribution in [2.75, 3.05) is 51.9 Å². The number of anilines is 1. The first-order valence-electron chi connectivity index (χ1n) is 9.58. The lowest BCUT2D eigenvalue weighted by atomic mass is 10.1. The summed E-state index contributed by atoms with van der Waals surface area (Å²) in [5.41, 5.74) is 1.87. The highest BCUT2D eigenvalue weighted by Crippen LogP contribution is 2.17. The molecule has 1 heterocycles. The molecule has 28 heavy (non-hydrogen) atoms. The van der Waals surface area contributed by atoms with E-state index in [4.69, 9.17) is 14.5 Å². The van der Waals surface area contributed by atoms with Crippen LogP contribution in [0.15, 0.2) is 29.3 Å². The van der Waals surface area contributed by atoms with E-state index in [1.807, 2.05) is 24.3 Å². The Balaban J connectivity index is 0.00000392. The molecule has 7 nitrogen and oxygen atoms in total. The minimum absolute atomic E-state index is 0. The number of ether oxygens (including phenoxy) is 2. The number of amides is 1. The molecule has 2 N–H and O–H groups in total. The third-order valence-corrected chi connectivity index (χ3v) is 4.36. The number of aliphatic imine (C=N–C) groups is 1. The third-order valence-electron chi connectivity index (χ3n) is 4.36. The van der Waals surface area contributed by atoms with E-state index in [-0.39, 0.29) is 29.9 Å². The molecule has 1 atom stereocenters. The first-order chi connectivity index (χ1) is 13.1. The summed E-state index contributed by atoms with van der Waals surface area (Å²) in [5.74, 6) is 1.38. The molecule has 0 spiro atoms. The van der Waals surface area contributed by atoms with E-state index in [9.17, 15) is 4.79 Å². The number of hydrogen-bond donors (Lipinski definition) is 2. The van der Waals surface area contributed by atoms with Gasteiger partial charge in [-0.25, -0.2) is 4.99 Å². The summed E-state index contributed by atoms with van der Waals surface area (Å²) in [5, 5.41) is 6.20. The second kappa shape index (κ2) is 13.7. The predicted octanol–water partition coefficient (Wildman–Crippen LogP) is 2.71. The van der Waals surface area contributed by atoms with Crippen LogP contribution >= 0.6 is 24.0 Å². The molecule has 0 saturated carbocycles. The van der Waals surface area contributed by atoms with Gasteiger partial charge in [0, 0.05) is 45.3 Å². The second-order valence-electron chi connectivity index (χ2n) is 6.72. The molecule has 158 valence electrons. The molecular weight excluding hydrogens is 471 g/mol. The van der Waals surface area contributed by atoms with Crippen LogP contribution in [0.3, 0.4) is 0 Å². The van der Waals surface area contributed by atoms with Crippen molar-refractivity contribution in [1.29, 1.82) is 0 Å². The molecule has 1 fully saturated rings. The number of carbonyl (C=O) groups is 1. The lowest BCUT2D eigenvalue weighted by molar-refractivity contribution is -0.114. The van der Waals surface area contributed by atoms with Gasteiger partial charge in [0.05, 0.1) is 26.4 Å². The zero-order chi connectivity index (χ0) is 19.5. The number of hydrogen-bond acceptors (Lipinski definition) is 4. The van der Waals surface area contributed by atoms with Crippen LogP contribution in [0.2, 0.25) is 0 Å². The maximum Gasteiger partial charge on any atom is 0.221 e. The maximum atomic E-state index is 11.2. The second-order valence-corrected chi connectivity index (χ2v) is 6.72. The van der Waals surface area contributed by atoms with Crippen LogP contribution in [0.1, 0.15) is 25.8 Å². The van der Waals surface area contributed by atoms with Gasteiger partial charge in [-0.2, -0.15) is 0 Å². The average Bonchev–Trinajstić information content (AvgIpc) is 3.11. The van der Waals surface area contributed by atoms with Gasteiger partial charge in [0.15, 0.2) is 5.96 Å². The molecule has 0 radical (unpaired) electrons. The Morgan fingerprint density at radius 3 is 2.89 bits per heavy atom. The normalized spacial score (nSPS) is 16.6. The molecule has 1 aromatic rings. The SMILES string of the molecule is CCNC(=NCc1cccc(NC(C)=O)c1)N1CCC(COCCOC)C1.I. The highest BCUT2D eigenvalue weighted by molar-refractivity contribution is 14.0. The van der Waals surface area contributed by atoms with Crippen LogP contribution < -0.4 is 10.6 Å². The predicted molar refractivity (Wildman–Crippen MR) is 123 cm³/mol. The molecule has 1 unspecified atom stereocenters. The highest BCUT2D eigenvalue weighted by Gasteiger charge is 2.24. The van der Waals surface area contributed by atoms with Gasteiger partial charge in [0.25, 0.3) is 0 Å². The lowest BCUT2D eigenvalue weighted by Gasteiger charge is -2.21. The molecule has 1 aliphatic rings. The summed E-state index contributed by atoms with van der Waals surface area (Å²) >= 11 is 0. The number of rotatable bonds is 9. The Morgan fingerprint density at radius 2 is 2.18 bits per heavy atom. The van der Waals surface area contributed by atoms with E-state index in [0.29, 0.717) is 25.7 Å². The first-order valence-corrected chi connectivity index (χ1v) is 9.58. The van der Waals surface area contributed by atoms with E-state index in [2.05, 4.69) is 22.5 Å². The maximum absolute atomic E-state index is 11.2. The number of likely N-dealkylation sites (tertiary alicyclic amines) is 1. The zero-order valence-electron chi connectivity index (χ0n) is 17.1. The van der Waals surface area contributed by atoms with E-state index >= 15 is 0 Å². The fourth-order valence-electron chi connectivity index (χ4n) is 3.10. The molecule has 0 aromatic heterocycles. The fraction of sp³-hybridized carbons (Fsp3) is 0.600. The summed E-state index contributed by atoms with van der Waals surface area (Å²) in [6, 6.07) is 7.81. The molecule has 8 heteroatoms. The zero-order valence-corrected chi connectivity index (χ0v) is 19.4. The minimum Gasteiger partial charge on any atom is -0.382 e. The standard InChI is InChI=1S/C20H32N4O3.HI/c1-4-21-20(24-9-8-18(14-24)15-27-11-10-26-3)22-13-17-6-5-7-19(12-17)23-16(2)25;/h5-7,12,18H,4,8-11,13-15H2,1-3H3,(H,21,22)(H,23,25);1H. The highest BCUT2D eigenvalue weighted by atomic mass is 127. The van der Waals surface area contributed by atoms with Gasteiger partial charge in [-0.1, -0.05) is 12.1 Å². The van der Waals surface area contributed by atoms with Crippen molar-refractivity contribution in [2.24, 2.45) is 10.9 Å². The van der Waals surface area contributed by atoms with Crippen molar-refractivity contribution in [3.63, 3.8) is 0 Å². The van der Waals surface area contributed by atoms with Crippen LogP contribution in [0.4, 0.5) is 5.69 Å². The first kappa shape index (κ1) is 24.6. The number of nitrogens with one attached hydrogen (secondary N) is 2. The third kappa shape index (κ3) is 8.74. The van der Waals surface area contributed by atoms with Gasteiger partial charge in [0.1, 0.15) is 0 Å². The average molecular weight is 504 g/mol. The molecular formula is C20H33IN4O3. The quantitative estimate of drug-likeness (QED) is 0.234. The van der Waals surface area contributed by atoms with Crippen molar-refractivity contribution < 1.29 is 14.3 Å². The lowest BCUT2D eigenvalue weighted by Crippen LogP contribution is -2.40. The minimum atomic E-state index is -0.0696. The Kier molecular flexibility index (Phi) is 12.1. The van der Waals surface area contributed by atoms with Gasteiger partial charge in [-0.05, 0) is 31.0 Å². The summed E-state index contributed by atoms with van der Waals surface area (Å²) in [4.78, 5) is 18.3.